The van der Waals surface area contributed by atoms with E-state index in [1.807, 2.05) is 0 Å². The summed E-state index contributed by atoms with van der Waals surface area (Å²) >= 11 is 0. The highest BCUT2D eigenvalue weighted by molar-refractivity contribution is 5.12. The van der Waals surface area contributed by atoms with Crippen LogP contribution in [0.3, 0.4) is 0 Å². The van der Waals surface area contributed by atoms with E-state index in [0.29, 0.717) is 5.89 Å². The molecule has 0 aromatic carbocycles. The Morgan fingerprint density at radius 1 is 1.39 bits per heavy atom. The van der Waals surface area contributed by atoms with Crippen LogP contribution in [0, 0.1) is 0 Å². The zero-order valence-electron chi connectivity index (χ0n) is 10.9. The molecule has 1 aliphatic heterocycles. The first-order valence-electron chi connectivity index (χ1n) is 6.89. The number of hydrogen-bond acceptors (Lipinski definition) is 5. The molecule has 100 valence electrons. The van der Waals surface area contributed by atoms with Gasteiger partial charge in [-0.15, -0.1) is 0 Å². The zero-order valence-corrected chi connectivity index (χ0v) is 10.9. The van der Waals surface area contributed by atoms with E-state index >= 15 is 0 Å². The van der Waals surface area contributed by atoms with Crippen molar-refractivity contribution in [1.82, 2.24) is 10.1 Å². The van der Waals surface area contributed by atoms with E-state index in [4.69, 9.17) is 15.0 Å². The van der Waals surface area contributed by atoms with Crippen molar-refractivity contribution < 1.29 is 9.26 Å². The minimum atomic E-state index is -0.137. The lowest BCUT2D eigenvalue weighted by Crippen LogP contribution is -2.38. The Morgan fingerprint density at radius 2 is 2.28 bits per heavy atom. The molecule has 5 heteroatoms. The van der Waals surface area contributed by atoms with Crippen molar-refractivity contribution in [2.24, 2.45) is 5.73 Å². The van der Waals surface area contributed by atoms with Crippen LogP contribution in [0.5, 0.6) is 0 Å². The molecule has 18 heavy (non-hydrogen) atoms. The molecule has 3 atom stereocenters. The Labute approximate surface area is 107 Å². The molecule has 2 heterocycles. The van der Waals surface area contributed by atoms with Gasteiger partial charge in [-0.1, -0.05) is 11.6 Å². The fourth-order valence-corrected chi connectivity index (χ4v) is 3.04. The number of nitrogens with zero attached hydrogens (tertiary/aromatic N) is 2. The van der Waals surface area contributed by atoms with Crippen LogP contribution in [-0.4, -0.2) is 28.9 Å². The standard InChI is InChI=1S/C13H21N3O2/c1-13(6-2-5-10(13)14)12-15-11(16-18-12)8-9-4-3-7-17-9/h9-10H,2-8,14H2,1H3. The highest BCUT2D eigenvalue weighted by Crippen LogP contribution is 2.38. The van der Waals surface area contributed by atoms with Crippen molar-refractivity contribution in [2.45, 2.75) is 63.0 Å². The number of ether oxygens (including phenoxy) is 1. The van der Waals surface area contributed by atoms with Crippen LogP contribution in [0.2, 0.25) is 0 Å². The van der Waals surface area contributed by atoms with Gasteiger partial charge in [0.05, 0.1) is 11.5 Å². The molecular formula is C13H21N3O2. The van der Waals surface area contributed by atoms with Gasteiger partial charge < -0.3 is 15.0 Å². The molecule has 1 saturated carbocycles. The van der Waals surface area contributed by atoms with E-state index in [2.05, 4.69) is 17.1 Å². The Bertz CT molecular complexity index is 414. The van der Waals surface area contributed by atoms with E-state index in [0.717, 1.165) is 51.0 Å². The Balaban J connectivity index is 1.72. The molecule has 3 rings (SSSR count). The average Bonchev–Trinajstić information content (AvgIpc) is 3.04. The van der Waals surface area contributed by atoms with Crippen LogP contribution in [0.25, 0.3) is 0 Å². The summed E-state index contributed by atoms with van der Waals surface area (Å²) in [4.78, 5) is 4.54. The second-order valence-corrected chi connectivity index (χ2v) is 5.77. The van der Waals surface area contributed by atoms with Crippen LogP contribution in [0.15, 0.2) is 4.52 Å². The average molecular weight is 251 g/mol. The molecule has 0 spiro atoms. The highest BCUT2D eigenvalue weighted by atomic mass is 16.5. The van der Waals surface area contributed by atoms with Gasteiger partial charge in [0.15, 0.2) is 5.82 Å². The minimum Gasteiger partial charge on any atom is -0.378 e. The van der Waals surface area contributed by atoms with Gasteiger partial charge in [-0.3, -0.25) is 0 Å². The third-order valence-electron chi connectivity index (χ3n) is 4.42. The fraction of sp³-hybridized carbons (Fsp3) is 0.846. The van der Waals surface area contributed by atoms with Gasteiger partial charge in [0, 0.05) is 19.1 Å². The van der Waals surface area contributed by atoms with Crippen molar-refractivity contribution in [3.63, 3.8) is 0 Å². The summed E-state index contributed by atoms with van der Waals surface area (Å²) in [7, 11) is 0. The summed E-state index contributed by atoms with van der Waals surface area (Å²) in [5.74, 6) is 1.47. The maximum Gasteiger partial charge on any atom is 0.234 e. The third-order valence-corrected chi connectivity index (χ3v) is 4.42. The molecule has 1 aliphatic carbocycles. The molecule has 2 N–H and O–H groups in total. The van der Waals surface area contributed by atoms with Crippen LogP contribution >= 0.6 is 0 Å². The number of hydrogen-bond donors (Lipinski definition) is 1. The SMILES string of the molecule is CC1(c2nc(CC3CCCO3)no2)CCCC1N. The molecule has 1 aromatic heterocycles. The van der Waals surface area contributed by atoms with Crippen molar-refractivity contribution in [3.8, 4) is 0 Å². The van der Waals surface area contributed by atoms with Gasteiger partial charge in [-0.25, -0.2) is 0 Å². The maximum absolute atomic E-state index is 6.17. The predicted octanol–water partition coefficient (Wildman–Crippen LogP) is 1.56. The van der Waals surface area contributed by atoms with Crippen molar-refractivity contribution in [3.05, 3.63) is 11.7 Å². The van der Waals surface area contributed by atoms with Gasteiger partial charge in [0.1, 0.15) is 0 Å². The molecule has 1 saturated heterocycles. The summed E-state index contributed by atoms with van der Waals surface area (Å²) in [6, 6.07) is 0.133. The van der Waals surface area contributed by atoms with E-state index in [-0.39, 0.29) is 17.6 Å². The largest absolute Gasteiger partial charge is 0.378 e. The first kappa shape index (κ1) is 12.1. The Kier molecular flexibility index (Phi) is 3.11. The number of rotatable bonds is 3. The van der Waals surface area contributed by atoms with Gasteiger partial charge in [0.25, 0.3) is 0 Å². The highest BCUT2D eigenvalue weighted by Gasteiger charge is 2.42. The van der Waals surface area contributed by atoms with Crippen LogP contribution < -0.4 is 5.73 Å². The lowest BCUT2D eigenvalue weighted by Gasteiger charge is -2.23. The lowest BCUT2D eigenvalue weighted by molar-refractivity contribution is 0.109. The topological polar surface area (TPSA) is 74.2 Å². The van der Waals surface area contributed by atoms with Gasteiger partial charge in [-0.05, 0) is 32.6 Å². The Morgan fingerprint density at radius 3 is 2.94 bits per heavy atom. The molecule has 0 radical (unpaired) electrons. The minimum absolute atomic E-state index is 0.133. The molecule has 3 unspecified atom stereocenters. The summed E-state index contributed by atoms with van der Waals surface area (Å²) in [5, 5.41) is 4.08. The van der Waals surface area contributed by atoms with E-state index < -0.39 is 0 Å². The second-order valence-electron chi connectivity index (χ2n) is 5.77. The predicted molar refractivity (Wildman–Crippen MR) is 66.2 cm³/mol. The van der Waals surface area contributed by atoms with E-state index in [1.165, 1.54) is 0 Å². The van der Waals surface area contributed by atoms with E-state index in [9.17, 15) is 0 Å². The third kappa shape index (κ3) is 2.06. The quantitative estimate of drug-likeness (QED) is 0.882. The molecule has 1 aromatic rings. The van der Waals surface area contributed by atoms with Crippen LogP contribution in [-0.2, 0) is 16.6 Å². The molecule has 5 nitrogen and oxygen atoms in total. The number of aromatic nitrogens is 2. The van der Waals surface area contributed by atoms with Crippen molar-refractivity contribution in [2.75, 3.05) is 6.61 Å². The number of nitrogens with two attached hydrogens (primary N) is 1. The first-order valence-corrected chi connectivity index (χ1v) is 6.89. The van der Waals surface area contributed by atoms with Crippen LogP contribution in [0.4, 0.5) is 0 Å². The molecule has 0 bridgehead atoms. The van der Waals surface area contributed by atoms with Crippen LogP contribution in [0.1, 0.15) is 50.7 Å². The Hall–Kier alpha value is -0.940. The summed E-state index contributed by atoms with van der Waals surface area (Å²) in [6.07, 6.45) is 6.48. The summed E-state index contributed by atoms with van der Waals surface area (Å²) in [6.45, 7) is 2.99. The smallest absolute Gasteiger partial charge is 0.234 e. The van der Waals surface area contributed by atoms with Gasteiger partial charge in [0.2, 0.25) is 5.89 Å². The zero-order chi connectivity index (χ0) is 12.6. The van der Waals surface area contributed by atoms with Gasteiger partial charge >= 0.3 is 0 Å². The van der Waals surface area contributed by atoms with Crippen molar-refractivity contribution >= 4 is 0 Å². The molecule has 0 amide bonds. The van der Waals surface area contributed by atoms with Gasteiger partial charge in [-0.2, -0.15) is 4.98 Å². The molecule has 2 aliphatic rings. The first-order chi connectivity index (χ1) is 8.68. The summed E-state index contributed by atoms with van der Waals surface area (Å²) in [5.41, 5.74) is 6.03. The fourth-order valence-electron chi connectivity index (χ4n) is 3.04. The normalized spacial score (nSPS) is 36.3. The second kappa shape index (κ2) is 4.63. The maximum atomic E-state index is 6.17. The lowest BCUT2D eigenvalue weighted by atomic mass is 9.85. The van der Waals surface area contributed by atoms with E-state index in [1.54, 1.807) is 0 Å². The molecular weight excluding hydrogens is 230 g/mol. The summed E-state index contributed by atoms with van der Waals surface area (Å²) < 4.78 is 11.0. The monoisotopic (exact) mass is 251 g/mol. The molecule has 2 fully saturated rings. The van der Waals surface area contributed by atoms with Crippen molar-refractivity contribution in [1.29, 1.82) is 0 Å².